The molecule has 0 bridgehead atoms. The summed E-state index contributed by atoms with van der Waals surface area (Å²) >= 11 is 0. The SMILES string of the molecule is Cc1ccc(-c2ccc(Oc3ccc(CCC(O)CCO)cc3)cc2)[nH]1.Cl. The maximum Gasteiger partial charge on any atom is 0.127 e. The third-order valence-corrected chi connectivity index (χ3v) is 4.38. The number of halogens is 1. The molecule has 0 aliphatic carbocycles. The second kappa shape index (κ2) is 10.2. The first-order valence-corrected chi connectivity index (χ1v) is 8.96. The van der Waals surface area contributed by atoms with Crippen LogP contribution in [-0.4, -0.2) is 27.9 Å². The van der Waals surface area contributed by atoms with Crippen LogP contribution in [0.4, 0.5) is 0 Å². The van der Waals surface area contributed by atoms with Gasteiger partial charge in [-0.15, -0.1) is 12.4 Å². The summed E-state index contributed by atoms with van der Waals surface area (Å²) in [5, 5.41) is 18.5. The van der Waals surface area contributed by atoms with E-state index in [1.807, 2.05) is 55.5 Å². The molecule has 4 nitrogen and oxygen atoms in total. The number of aliphatic hydroxyl groups excluding tert-OH is 2. The van der Waals surface area contributed by atoms with Crippen LogP contribution in [0.1, 0.15) is 24.1 Å². The number of aromatic nitrogens is 1. The van der Waals surface area contributed by atoms with E-state index in [1.54, 1.807) is 0 Å². The average Bonchev–Trinajstić information content (AvgIpc) is 3.08. The molecule has 144 valence electrons. The fourth-order valence-corrected chi connectivity index (χ4v) is 2.86. The Bertz CT molecular complexity index is 812. The number of ether oxygens (including phenoxy) is 1. The van der Waals surface area contributed by atoms with Crippen molar-refractivity contribution in [2.45, 2.75) is 32.3 Å². The Morgan fingerprint density at radius 1 is 0.889 bits per heavy atom. The molecule has 0 amide bonds. The van der Waals surface area contributed by atoms with E-state index < -0.39 is 6.10 Å². The minimum Gasteiger partial charge on any atom is -0.457 e. The van der Waals surface area contributed by atoms with E-state index in [1.165, 1.54) is 0 Å². The summed E-state index contributed by atoms with van der Waals surface area (Å²) in [6.07, 6.45) is 1.42. The second-order valence-corrected chi connectivity index (χ2v) is 6.53. The molecule has 0 aliphatic rings. The molecule has 0 saturated heterocycles. The highest BCUT2D eigenvalue weighted by Gasteiger charge is 2.05. The van der Waals surface area contributed by atoms with Gasteiger partial charge in [0.25, 0.3) is 0 Å². The van der Waals surface area contributed by atoms with Gasteiger partial charge in [0, 0.05) is 18.0 Å². The molecule has 3 N–H and O–H groups in total. The lowest BCUT2D eigenvalue weighted by molar-refractivity contribution is 0.125. The minimum atomic E-state index is -0.446. The van der Waals surface area contributed by atoms with Gasteiger partial charge in [0.15, 0.2) is 0 Å². The van der Waals surface area contributed by atoms with Crippen LogP contribution in [-0.2, 0) is 6.42 Å². The van der Waals surface area contributed by atoms with Gasteiger partial charge in [0.1, 0.15) is 11.5 Å². The highest BCUT2D eigenvalue weighted by molar-refractivity contribution is 5.85. The van der Waals surface area contributed by atoms with Gasteiger partial charge in [-0.2, -0.15) is 0 Å². The van der Waals surface area contributed by atoms with Crippen molar-refractivity contribution in [3.63, 3.8) is 0 Å². The lowest BCUT2D eigenvalue weighted by Gasteiger charge is -2.10. The van der Waals surface area contributed by atoms with Gasteiger partial charge in [-0.3, -0.25) is 0 Å². The molecule has 0 aliphatic heterocycles. The molecule has 0 fully saturated rings. The number of aryl methyl sites for hydroxylation is 2. The Morgan fingerprint density at radius 2 is 1.52 bits per heavy atom. The van der Waals surface area contributed by atoms with Gasteiger partial charge in [0.05, 0.1) is 6.10 Å². The quantitative estimate of drug-likeness (QED) is 0.516. The van der Waals surface area contributed by atoms with Crippen molar-refractivity contribution >= 4 is 12.4 Å². The summed E-state index contributed by atoms with van der Waals surface area (Å²) < 4.78 is 5.90. The fourth-order valence-electron chi connectivity index (χ4n) is 2.86. The van der Waals surface area contributed by atoms with E-state index in [9.17, 15) is 5.11 Å². The molecule has 1 heterocycles. The number of hydrogen-bond acceptors (Lipinski definition) is 3. The van der Waals surface area contributed by atoms with Gasteiger partial charge >= 0.3 is 0 Å². The molecule has 1 aromatic heterocycles. The van der Waals surface area contributed by atoms with Crippen LogP contribution in [0.3, 0.4) is 0 Å². The predicted molar refractivity (Wildman–Crippen MR) is 111 cm³/mol. The van der Waals surface area contributed by atoms with E-state index in [4.69, 9.17) is 9.84 Å². The number of nitrogens with one attached hydrogen (secondary N) is 1. The van der Waals surface area contributed by atoms with E-state index >= 15 is 0 Å². The van der Waals surface area contributed by atoms with Crippen molar-refractivity contribution < 1.29 is 14.9 Å². The average molecular weight is 388 g/mol. The maximum absolute atomic E-state index is 9.68. The Labute approximate surface area is 166 Å². The zero-order chi connectivity index (χ0) is 18.4. The monoisotopic (exact) mass is 387 g/mol. The number of aliphatic hydroxyl groups is 2. The first-order chi connectivity index (χ1) is 12.6. The highest BCUT2D eigenvalue weighted by atomic mass is 35.5. The molecule has 5 heteroatoms. The van der Waals surface area contributed by atoms with Gasteiger partial charge in [-0.25, -0.2) is 0 Å². The van der Waals surface area contributed by atoms with E-state index in [2.05, 4.69) is 17.1 Å². The van der Waals surface area contributed by atoms with Crippen molar-refractivity contribution in [2.24, 2.45) is 0 Å². The van der Waals surface area contributed by atoms with Crippen molar-refractivity contribution in [3.8, 4) is 22.8 Å². The predicted octanol–water partition coefficient (Wildman–Crippen LogP) is 4.88. The third-order valence-electron chi connectivity index (χ3n) is 4.38. The Morgan fingerprint density at radius 3 is 2.07 bits per heavy atom. The number of rotatable bonds is 8. The van der Waals surface area contributed by atoms with Crippen molar-refractivity contribution in [2.75, 3.05) is 6.61 Å². The smallest absolute Gasteiger partial charge is 0.127 e. The molecule has 2 aromatic carbocycles. The molecular formula is C22H26ClNO3. The van der Waals surface area contributed by atoms with Gasteiger partial charge < -0.3 is 19.9 Å². The van der Waals surface area contributed by atoms with Crippen LogP contribution >= 0.6 is 12.4 Å². The largest absolute Gasteiger partial charge is 0.457 e. The minimum absolute atomic E-state index is 0. The number of hydrogen-bond donors (Lipinski definition) is 3. The Kier molecular flexibility index (Phi) is 7.92. The summed E-state index contributed by atoms with van der Waals surface area (Å²) in [5.41, 5.74) is 4.51. The zero-order valence-electron chi connectivity index (χ0n) is 15.4. The Balaban J connectivity index is 0.00000261. The molecule has 3 aromatic rings. The molecule has 0 radical (unpaired) electrons. The van der Waals surface area contributed by atoms with E-state index in [0.717, 1.165) is 40.4 Å². The highest BCUT2D eigenvalue weighted by Crippen LogP contribution is 2.26. The van der Waals surface area contributed by atoms with Crippen LogP contribution < -0.4 is 4.74 Å². The van der Waals surface area contributed by atoms with Crippen LogP contribution in [0.25, 0.3) is 11.3 Å². The van der Waals surface area contributed by atoms with E-state index in [-0.39, 0.29) is 19.0 Å². The van der Waals surface area contributed by atoms with Gasteiger partial charge in [0.2, 0.25) is 0 Å². The van der Waals surface area contributed by atoms with Crippen molar-refractivity contribution in [3.05, 3.63) is 71.9 Å². The summed E-state index contributed by atoms with van der Waals surface area (Å²) in [7, 11) is 0. The van der Waals surface area contributed by atoms with Gasteiger partial charge in [-0.1, -0.05) is 12.1 Å². The molecule has 1 atom stereocenters. The van der Waals surface area contributed by atoms with Crippen LogP contribution in [0.15, 0.2) is 60.7 Å². The van der Waals surface area contributed by atoms with Crippen LogP contribution in [0.2, 0.25) is 0 Å². The lowest BCUT2D eigenvalue weighted by atomic mass is 10.1. The van der Waals surface area contributed by atoms with Crippen LogP contribution in [0, 0.1) is 6.92 Å². The third kappa shape index (κ3) is 6.14. The summed E-state index contributed by atoms with van der Waals surface area (Å²) in [4.78, 5) is 3.32. The van der Waals surface area contributed by atoms with Gasteiger partial charge in [-0.05, 0) is 85.8 Å². The van der Waals surface area contributed by atoms with Crippen LogP contribution in [0.5, 0.6) is 11.5 Å². The Hall–Kier alpha value is -2.27. The second-order valence-electron chi connectivity index (χ2n) is 6.53. The molecule has 0 saturated carbocycles. The summed E-state index contributed by atoms with van der Waals surface area (Å²) in [6, 6.07) is 20.0. The topological polar surface area (TPSA) is 65.5 Å². The summed E-state index contributed by atoms with van der Waals surface area (Å²) in [5.74, 6) is 1.58. The number of H-pyrrole nitrogens is 1. The number of benzene rings is 2. The maximum atomic E-state index is 9.68. The number of aromatic amines is 1. The van der Waals surface area contributed by atoms with Crippen molar-refractivity contribution in [1.82, 2.24) is 4.98 Å². The lowest BCUT2D eigenvalue weighted by Crippen LogP contribution is -2.09. The zero-order valence-corrected chi connectivity index (χ0v) is 16.2. The summed E-state index contributed by atoms with van der Waals surface area (Å²) in [6.45, 7) is 2.06. The molecular weight excluding hydrogens is 362 g/mol. The van der Waals surface area contributed by atoms with Crippen molar-refractivity contribution in [1.29, 1.82) is 0 Å². The van der Waals surface area contributed by atoms with E-state index in [0.29, 0.717) is 12.8 Å². The molecule has 1 unspecified atom stereocenters. The molecule has 0 spiro atoms. The first kappa shape index (κ1) is 21.0. The first-order valence-electron chi connectivity index (χ1n) is 8.96. The fraction of sp³-hybridized carbons (Fsp3) is 0.273. The molecule has 27 heavy (non-hydrogen) atoms. The standard InChI is InChI=1S/C22H25NO3.ClH/c1-16-2-13-22(23-16)18-6-11-21(12-7-18)26-20-9-4-17(5-10-20)3-8-19(25)14-15-24;/h2,4-7,9-13,19,23-25H,3,8,14-15H2,1H3;1H. The normalized spacial score (nSPS) is 11.7. The molecule has 3 rings (SSSR count).